The fourth-order valence-electron chi connectivity index (χ4n) is 3.46. The van der Waals surface area contributed by atoms with Crippen LogP contribution in [0.3, 0.4) is 0 Å². The van der Waals surface area contributed by atoms with Gasteiger partial charge in [-0.15, -0.1) is 5.10 Å². The lowest BCUT2D eigenvalue weighted by Crippen LogP contribution is -2.40. The maximum atomic E-state index is 13.4. The molecule has 11 heteroatoms. The molecule has 1 amide bonds. The third-order valence-corrected chi connectivity index (χ3v) is 8.33. The Balaban J connectivity index is 1.36. The van der Waals surface area contributed by atoms with Crippen molar-refractivity contribution in [1.29, 1.82) is 0 Å². The van der Waals surface area contributed by atoms with Gasteiger partial charge in [0, 0.05) is 29.4 Å². The molecular weight excluding hydrogens is 530 g/mol. The summed E-state index contributed by atoms with van der Waals surface area (Å²) in [5.74, 6) is 0.802. The monoisotopic (exact) mass is 555 g/mol. The van der Waals surface area contributed by atoms with Crippen molar-refractivity contribution >= 4 is 39.3 Å². The molecule has 0 spiro atoms. The third-order valence-electron chi connectivity index (χ3n) is 5.42. The number of aromatic amines is 1. The van der Waals surface area contributed by atoms with Gasteiger partial charge in [-0.05, 0) is 36.8 Å². The van der Waals surface area contributed by atoms with Crippen LogP contribution in [0, 0.1) is 6.92 Å². The van der Waals surface area contributed by atoms with Crippen LogP contribution in [0.2, 0.25) is 5.02 Å². The molecule has 8 nitrogen and oxygen atoms in total. The van der Waals surface area contributed by atoms with Crippen molar-refractivity contribution in [3.63, 3.8) is 0 Å². The normalized spacial score (nSPS) is 11.5. The van der Waals surface area contributed by atoms with Crippen LogP contribution in [0.1, 0.15) is 11.1 Å². The molecule has 4 rings (SSSR count). The molecule has 0 unspecified atom stereocenters. The second-order valence-corrected chi connectivity index (χ2v) is 11.7. The number of halogens is 1. The zero-order valence-electron chi connectivity index (χ0n) is 20.1. The van der Waals surface area contributed by atoms with Crippen LogP contribution in [-0.2, 0) is 21.4 Å². The van der Waals surface area contributed by atoms with Crippen molar-refractivity contribution < 1.29 is 13.2 Å². The Labute approximate surface area is 225 Å². The second kappa shape index (κ2) is 12.4. The molecule has 0 bridgehead atoms. The number of aryl methyl sites for hydroxylation is 1. The number of aromatic nitrogens is 3. The van der Waals surface area contributed by atoms with E-state index < -0.39 is 15.9 Å². The Morgan fingerprint density at radius 1 is 1.03 bits per heavy atom. The van der Waals surface area contributed by atoms with Crippen molar-refractivity contribution in [2.45, 2.75) is 23.5 Å². The summed E-state index contributed by atoms with van der Waals surface area (Å²) in [6.45, 7) is 2.03. The number of thioether (sulfide) groups is 1. The van der Waals surface area contributed by atoms with Gasteiger partial charge in [-0.2, -0.15) is 4.31 Å². The van der Waals surface area contributed by atoms with E-state index in [9.17, 15) is 13.2 Å². The van der Waals surface area contributed by atoms with Crippen molar-refractivity contribution in [2.24, 2.45) is 0 Å². The average Bonchev–Trinajstić information content (AvgIpc) is 3.37. The number of H-pyrrole nitrogens is 1. The minimum atomic E-state index is -3.93. The first-order chi connectivity index (χ1) is 17.8. The van der Waals surface area contributed by atoms with Gasteiger partial charge in [-0.1, -0.05) is 83.5 Å². The molecule has 3 aromatic carbocycles. The molecule has 0 radical (unpaired) electrons. The summed E-state index contributed by atoms with van der Waals surface area (Å²) in [7, 11) is -3.93. The maximum absolute atomic E-state index is 13.4. The predicted octanol–water partition coefficient (Wildman–Crippen LogP) is 4.53. The Morgan fingerprint density at radius 3 is 2.43 bits per heavy atom. The van der Waals surface area contributed by atoms with Crippen LogP contribution in [0.5, 0.6) is 0 Å². The fourth-order valence-corrected chi connectivity index (χ4v) is 5.63. The van der Waals surface area contributed by atoms with Gasteiger partial charge in [0.05, 0.1) is 11.4 Å². The number of carbonyl (C=O) groups is 1. The first-order valence-electron chi connectivity index (χ1n) is 11.5. The number of hydrogen-bond acceptors (Lipinski definition) is 6. The van der Waals surface area contributed by atoms with E-state index in [1.54, 1.807) is 0 Å². The number of hydrogen-bond donors (Lipinski definition) is 2. The number of benzene rings is 3. The molecule has 37 heavy (non-hydrogen) atoms. The highest BCUT2D eigenvalue weighted by Crippen LogP contribution is 2.21. The van der Waals surface area contributed by atoms with Crippen LogP contribution >= 0.6 is 23.4 Å². The van der Waals surface area contributed by atoms with Crippen LogP contribution < -0.4 is 5.32 Å². The van der Waals surface area contributed by atoms with Crippen LogP contribution in [-0.4, -0.2) is 52.7 Å². The molecule has 192 valence electrons. The summed E-state index contributed by atoms with van der Waals surface area (Å²) in [5, 5.41) is 10.9. The van der Waals surface area contributed by atoms with E-state index in [1.807, 2.05) is 61.5 Å². The molecule has 0 saturated carbocycles. The van der Waals surface area contributed by atoms with E-state index in [0.717, 1.165) is 16.7 Å². The first kappa shape index (κ1) is 26.9. The molecule has 0 atom stereocenters. The highest BCUT2D eigenvalue weighted by Gasteiger charge is 2.27. The quantitative estimate of drug-likeness (QED) is 0.208. The summed E-state index contributed by atoms with van der Waals surface area (Å²) in [6, 6.07) is 23.1. The molecule has 0 saturated heterocycles. The van der Waals surface area contributed by atoms with E-state index in [0.29, 0.717) is 28.3 Å². The molecule has 0 aliphatic carbocycles. The molecular formula is C26H26ClN5O3S2. The van der Waals surface area contributed by atoms with Crippen molar-refractivity contribution in [1.82, 2.24) is 24.8 Å². The lowest BCUT2D eigenvalue weighted by molar-refractivity contribution is -0.121. The zero-order valence-corrected chi connectivity index (χ0v) is 22.5. The fraction of sp³-hybridized carbons (Fsp3) is 0.192. The van der Waals surface area contributed by atoms with Crippen molar-refractivity contribution in [3.8, 4) is 11.4 Å². The van der Waals surface area contributed by atoms with E-state index in [2.05, 4.69) is 20.5 Å². The second-order valence-electron chi connectivity index (χ2n) is 8.24. The Bertz CT molecular complexity index is 1430. The summed E-state index contributed by atoms with van der Waals surface area (Å²) in [6.07, 6.45) is 0. The van der Waals surface area contributed by atoms with Gasteiger partial charge in [0.2, 0.25) is 21.1 Å². The zero-order chi connectivity index (χ0) is 26.3. The summed E-state index contributed by atoms with van der Waals surface area (Å²) < 4.78 is 27.9. The Kier molecular flexibility index (Phi) is 8.99. The molecule has 0 aliphatic rings. The van der Waals surface area contributed by atoms with Gasteiger partial charge < -0.3 is 5.32 Å². The predicted molar refractivity (Wildman–Crippen MR) is 146 cm³/mol. The van der Waals surface area contributed by atoms with Gasteiger partial charge in [0.15, 0.2) is 5.82 Å². The molecule has 4 aromatic rings. The van der Waals surface area contributed by atoms with Crippen LogP contribution in [0.25, 0.3) is 11.4 Å². The molecule has 1 heterocycles. The Morgan fingerprint density at radius 2 is 1.73 bits per heavy atom. The maximum Gasteiger partial charge on any atom is 0.243 e. The SMILES string of the molecule is Cc1ccc(CN(CC(=O)NCCSc2n[nH]c(-c3ccccc3)n2)S(=O)(=O)c2ccc(Cl)cc2)cc1. The standard InChI is InChI=1S/C26H26ClN5O3S2/c1-19-7-9-20(10-8-19)17-32(37(34,35)23-13-11-22(27)12-14-23)18-24(33)28-15-16-36-26-29-25(30-31-26)21-5-3-2-4-6-21/h2-14H,15-18H2,1H3,(H,28,33)(H,29,30,31). The van der Waals surface area contributed by atoms with Gasteiger partial charge in [0.25, 0.3) is 0 Å². The topological polar surface area (TPSA) is 108 Å². The minimum absolute atomic E-state index is 0.0624. The number of nitrogens with zero attached hydrogens (tertiary/aromatic N) is 3. The van der Waals surface area contributed by atoms with E-state index in [4.69, 9.17) is 11.6 Å². The van der Waals surface area contributed by atoms with Crippen molar-refractivity contribution in [2.75, 3.05) is 18.8 Å². The van der Waals surface area contributed by atoms with Crippen molar-refractivity contribution in [3.05, 3.63) is 95.0 Å². The van der Waals surface area contributed by atoms with E-state index in [1.165, 1.54) is 40.3 Å². The first-order valence-corrected chi connectivity index (χ1v) is 14.3. The highest BCUT2D eigenvalue weighted by atomic mass is 35.5. The highest BCUT2D eigenvalue weighted by molar-refractivity contribution is 7.99. The molecule has 0 fully saturated rings. The van der Waals surface area contributed by atoms with Crippen LogP contribution in [0.15, 0.2) is 88.9 Å². The van der Waals surface area contributed by atoms with Gasteiger partial charge in [-0.3, -0.25) is 9.89 Å². The largest absolute Gasteiger partial charge is 0.354 e. The van der Waals surface area contributed by atoms with Crippen LogP contribution in [0.4, 0.5) is 0 Å². The van der Waals surface area contributed by atoms with Gasteiger partial charge in [-0.25, -0.2) is 13.4 Å². The molecule has 2 N–H and O–H groups in total. The molecule has 1 aromatic heterocycles. The number of nitrogens with one attached hydrogen (secondary N) is 2. The Hall–Kier alpha value is -3.18. The minimum Gasteiger partial charge on any atom is -0.354 e. The number of rotatable bonds is 11. The summed E-state index contributed by atoms with van der Waals surface area (Å²) in [4.78, 5) is 17.3. The number of sulfonamides is 1. The van der Waals surface area contributed by atoms with E-state index in [-0.39, 0.29) is 18.0 Å². The lowest BCUT2D eigenvalue weighted by Gasteiger charge is -2.22. The number of carbonyl (C=O) groups excluding carboxylic acids is 1. The smallest absolute Gasteiger partial charge is 0.243 e. The summed E-state index contributed by atoms with van der Waals surface area (Å²) >= 11 is 7.32. The molecule has 0 aliphatic heterocycles. The van der Waals surface area contributed by atoms with Gasteiger partial charge >= 0.3 is 0 Å². The number of amides is 1. The average molecular weight is 556 g/mol. The van der Waals surface area contributed by atoms with Gasteiger partial charge in [0.1, 0.15) is 0 Å². The van der Waals surface area contributed by atoms with E-state index >= 15 is 0 Å². The third kappa shape index (κ3) is 7.42. The lowest BCUT2D eigenvalue weighted by atomic mass is 10.1. The summed E-state index contributed by atoms with van der Waals surface area (Å²) in [5.41, 5.74) is 2.78.